The van der Waals surface area contributed by atoms with E-state index in [-0.39, 0.29) is 24.0 Å². The second-order valence-corrected chi connectivity index (χ2v) is 7.42. The van der Waals surface area contributed by atoms with Gasteiger partial charge in [-0.25, -0.2) is 4.98 Å². The first-order chi connectivity index (χ1) is 13.6. The van der Waals surface area contributed by atoms with Crippen molar-refractivity contribution in [2.45, 2.75) is 39.7 Å². The molecule has 3 rings (SSSR count). The van der Waals surface area contributed by atoms with Crippen molar-refractivity contribution >= 4 is 29.9 Å². The number of rotatable bonds is 7. The fourth-order valence-electron chi connectivity index (χ4n) is 3.46. The molecule has 0 unspecified atom stereocenters. The third-order valence-electron chi connectivity index (χ3n) is 5.32. The van der Waals surface area contributed by atoms with E-state index in [0.717, 1.165) is 68.1 Å². The highest BCUT2D eigenvalue weighted by atomic mass is 127. The molecule has 0 radical (unpaired) electrons. The summed E-state index contributed by atoms with van der Waals surface area (Å²) >= 11 is 0. The molecule has 0 bridgehead atoms. The Kier molecular flexibility index (Phi) is 9.86. The van der Waals surface area contributed by atoms with Gasteiger partial charge in [0.2, 0.25) is 5.89 Å². The van der Waals surface area contributed by atoms with E-state index in [4.69, 9.17) is 4.42 Å². The molecule has 29 heavy (non-hydrogen) atoms. The van der Waals surface area contributed by atoms with Gasteiger partial charge in [0, 0.05) is 38.4 Å². The molecule has 0 saturated carbocycles. The van der Waals surface area contributed by atoms with E-state index in [0.29, 0.717) is 5.92 Å². The Morgan fingerprint density at radius 3 is 2.66 bits per heavy atom. The molecule has 0 aromatic carbocycles. The third-order valence-corrected chi connectivity index (χ3v) is 5.32. The number of hydrogen-bond donors (Lipinski definition) is 2. The SMILES string of the molecule is CN=C(NCCc1ccccn1)NCC1CCN(Cc2nc(C)c(C)o2)CC1.I. The lowest BCUT2D eigenvalue weighted by molar-refractivity contribution is 0.164. The lowest BCUT2D eigenvalue weighted by Crippen LogP contribution is -2.43. The fraction of sp³-hybridized carbons (Fsp3) is 0.571. The molecule has 8 heteroatoms. The highest BCUT2D eigenvalue weighted by Crippen LogP contribution is 2.19. The van der Waals surface area contributed by atoms with Crippen LogP contribution in [-0.2, 0) is 13.0 Å². The predicted octanol–water partition coefficient (Wildman–Crippen LogP) is 2.92. The van der Waals surface area contributed by atoms with Gasteiger partial charge < -0.3 is 15.1 Å². The van der Waals surface area contributed by atoms with Gasteiger partial charge in [0.05, 0.1) is 12.2 Å². The Hall–Kier alpha value is -1.68. The largest absolute Gasteiger partial charge is 0.444 e. The van der Waals surface area contributed by atoms with Crippen LogP contribution in [0.2, 0.25) is 0 Å². The standard InChI is InChI=1S/C21H32N6O.HI/c1-16-17(2)28-20(26-16)15-27-12-8-18(9-13-27)14-25-21(22-3)24-11-7-19-6-4-5-10-23-19;/h4-6,10,18H,7-9,11-15H2,1-3H3,(H2,22,24,25);1H. The molecule has 160 valence electrons. The minimum atomic E-state index is 0. The minimum absolute atomic E-state index is 0. The Morgan fingerprint density at radius 2 is 2.03 bits per heavy atom. The second-order valence-electron chi connectivity index (χ2n) is 7.42. The maximum Gasteiger partial charge on any atom is 0.208 e. The smallest absolute Gasteiger partial charge is 0.208 e. The Balaban J connectivity index is 0.00000300. The Labute approximate surface area is 190 Å². The average molecular weight is 512 g/mol. The van der Waals surface area contributed by atoms with Crippen molar-refractivity contribution in [3.8, 4) is 0 Å². The number of pyridine rings is 1. The van der Waals surface area contributed by atoms with Crippen molar-refractivity contribution in [2.24, 2.45) is 10.9 Å². The fourth-order valence-corrected chi connectivity index (χ4v) is 3.46. The minimum Gasteiger partial charge on any atom is -0.444 e. The van der Waals surface area contributed by atoms with Gasteiger partial charge in [-0.05, 0) is 57.8 Å². The summed E-state index contributed by atoms with van der Waals surface area (Å²) in [5, 5.41) is 6.84. The monoisotopic (exact) mass is 512 g/mol. The maximum absolute atomic E-state index is 5.71. The van der Waals surface area contributed by atoms with Crippen LogP contribution in [0, 0.1) is 19.8 Å². The molecule has 0 amide bonds. The van der Waals surface area contributed by atoms with Gasteiger partial charge >= 0.3 is 0 Å². The molecule has 2 N–H and O–H groups in total. The molecule has 1 aliphatic heterocycles. The highest BCUT2D eigenvalue weighted by molar-refractivity contribution is 14.0. The normalized spacial score (nSPS) is 15.8. The Bertz CT molecular complexity index is 736. The first-order valence-electron chi connectivity index (χ1n) is 10.1. The van der Waals surface area contributed by atoms with Gasteiger partial charge in [0.25, 0.3) is 0 Å². The molecule has 1 aliphatic rings. The zero-order chi connectivity index (χ0) is 19.8. The number of aliphatic imine (C=N–C) groups is 1. The van der Waals surface area contributed by atoms with Gasteiger partial charge in [0.15, 0.2) is 5.96 Å². The van der Waals surface area contributed by atoms with E-state index in [2.05, 4.69) is 30.5 Å². The van der Waals surface area contributed by atoms with E-state index in [1.165, 1.54) is 12.8 Å². The van der Waals surface area contributed by atoms with Crippen LogP contribution in [0.1, 0.15) is 35.9 Å². The molecule has 0 aliphatic carbocycles. The van der Waals surface area contributed by atoms with Crippen LogP contribution in [-0.4, -0.2) is 54.1 Å². The van der Waals surface area contributed by atoms with Gasteiger partial charge in [-0.15, -0.1) is 24.0 Å². The van der Waals surface area contributed by atoms with Crippen molar-refractivity contribution in [3.63, 3.8) is 0 Å². The van der Waals surface area contributed by atoms with Crippen LogP contribution in [0.3, 0.4) is 0 Å². The second kappa shape index (κ2) is 12.1. The number of hydrogen-bond acceptors (Lipinski definition) is 5. The van der Waals surface area contributed by atoms with Crippen molar-refractivity contribution < 1.29 is 4.42 Å². The number of halogens is 1. The van der Waals surface area contributed by atoms with Crippen LogP contribution < -0.4 is 10.6 Å². The molecule has 2 aromatic rings. The number of aromatic nitrogens is 2. The first kappa shape index (κ1) is 23.6. The van der Waals surface area contributed by atoms with Crippen LogP contribution >= 0.6 is 24.0 Å². The zero-order valence-corrected chi connectivity index (χ0v) is 20.0. The molecule has 7 nitrogen and oxygen atoms in total. The van der Waals surface area contributed by atoms with Gasteiger partial charge in [0.1, 0.15) is 5.76 Å². The zero-order valence-electron chi connectivity index (χ0n) is 17.6. The highest BCUT2D eigenvalue weighted by Gasteiger charge is 2.21. The molecular formula is C21H33IN6O. The van der Waals surface area contributed by atoms with E-state index in [1.807, 2.05) is 45.3 Å². The van der Waals surface area contributed by atoms with E-state index >= 15 is 0 Å². The van der Waals surface area contributed by atoms with Crippen molar-refractivity contribution in [1.82, 2.24) is 25.5 Å². The molecule has 3 heterocycles. The van der Waals surface area contributed by atoms with E-state index in [1.54, 1.807) is 0 Å². The van der Waals surface area contributed by atoms with E-state index < -0.39 is 0 Å². The van der Waals surface area contributed by atoms with Crippen LogP contribution in [0.4, 0.5) is 0 Å². The first-order valence-corrected chi connectivity index (χ1v) is 10.1. The predicted molar refractivity (Wildman–Crippen MR) is 127 cm³/mol. The van der Waals surface area contributed by atoms with Gasteiger partial charge in [-0.1, -0.05) is 6.07 Å². The molecular weight excluding hydrogens is 479 g/mol. The summed E-state index contributed by atoms with van der Waals surface area (Å²) < 4.78 is 5.71. The number of oxazole rings is 1. The average Bonchev–Trinajstić information content (AvgIpc) is 3.03. The van der Waals surface area contributed by atoms with Crippen molar-refractivity contribution in [2.75, 3.05) is 33.2 Å². The van der Waals surface area contributed by atoms with Gasteiger partial charge in [-0.2, -0.15) is 0 Å². The number of likely N-dealkylation sites (tertiary alicyclic amines) is 1. The quantitative estimate of drug-likeness (QED) is 0.338. The third kappa shape index (κ3) is 7.58. The Morgan fingerprint density at radius 1 is 1.24 bits per heavy atom. The number of aryl methyl sites for hydroxylation is 2. The van der Waals surface area contributed by atoms with E-state index in [9.17, 15) is 0 Å². The summed E-state index contributed by atoms with van der Waals surface area (Å²) in [5.41, 5.74) is 2.09. The summed E-state index contributed by atoms with van der Waals surface area (Å²) in [6.45, 7) is 8.72. The summed E-state index contributed by atoms with van der Waals surface area (Å²) in [4.78, 5) is 15.6. The van der Waals surface area contributed by atoms with Crippen LogP contribution in [0.25, 0.3) is 0 Å². The number of guanidine groups is 1. The van der Waals surface area contributed by atoms with Crippen molar-refractivity contribution in [3.05, 3.63) is 47.4 Å². The topological polar surface area (TPSA) is 78.6 Å². The lowest BCUT2D eigenvalue weighted by Gasteiger charge is -2.31. The molecule has 1 saturated heterocycles. The molecule has 2 aromatic heterocycles. The summed E-state index contributed by atoms with van der Waals surface area (Å²) in [7, 11) is 1.82. The number of nitrogens with one attached hydrogen (secondary N) is 2. The lowest BCUT2D eigenvalue weighted by atomic mass is 9.97. The summed E-state index contributed by atoms with van der Waals surface area (Å²) in [5.74, 6) is 3.29. The molecule has 1 fully saturated rings. The molecule has 0 atom stereocenters. The molecule has 0 spiro atoms. The van der Waals surface area contributed by atoms with Gasteiger partial charge in [-0.3, -0.25) is 14.9 Å². The number of nitrogens with zero attached hydrogens (tertiary/aromatic N) is 4. The van der Waals surface area contributed by atoms with Crippen LogP contribution in [0.5, 0.6) is 0 Å². The maximum atomic E-state index is 5.71. The van der Waals surface area contributed by atoms with Crippen LogP contribution in [0.15, 0.2) is 33.8 Å². The summed E-state index contributed by atoms with van der Waals surface area (Å²) in [6.07, 6.45) is 5.08. The summed E-state index contributed by atoms with van der Waals surface area (Å²) in [6, 6.07) is 6.01. The van der Waals surface area contributed by atoms with Crippen molar-refractivity contribution in [1.29, 1.82) is 0 Å². The number of piperidine rings is 1.